The van der Waals surface area contributed by atoms with Gasteiger partial charge in [-0.3, -0.25) is 0 Å². The molecule has 1 atom stereocenters. The quantitative estimate of drug-likeness (QED) is 0.180. The van der Waals surface area contributed by atoms with Gasteiger partial charge in [-0.25, -0.2) is 0 Å². The molecule has 0 aliphatic heterocycles. The van der Waals surface area contributed by atoms with Crippen LogP contribution in [0.3, 0.4) is 0 Å². The number of allylic oxidation sites excluding steroid dienone is 2. The SMILES string of the molecule is CCN(CC)CCCCCCC=C(Cl)C(Cl)CCCCCN(CC)CC. The number of halogens is 2. The Hall–Kier alpha value is 0.240. The first-order chi connectivity index (χ1) is 12.6. The molecule has 0 aromatic heterocycles. The summed E-state index contributed by atoms with van der Waals surface area (Å²) in [6.07, 6.45) is 13.0. The Kier molecular flexibility index (Phi) is 18.8. The van der Waals surface area contributed by atoms with Crippen molar-refractivity contribution in [2.24, 2.45) is 0 Å². The lowest BCUT2D eigenvalue weighted by Crippen LogP contribution is -2.23. The fourth-order valence-corrected chi connectivity index (χ4v) is 3.72. The highest BCUT2D eigenvalue weighted by Gasteiger charge is 2.08. The molecule has 0 heterocycles. The molecular weight excluding hydrogens is 363 g/mol. The lowest BCUT2D eigenvalue weighted by molar-refractivity contribution is 0.295. The van der Waals surface area contributed by atoms with Gasteiger partial charge in [0.1, 0.15) is 0 Å². The van der Waals surface area contributed by atoms with Gasteiger partial charge in [0, 0.05) is 5.03 Å². The molecule has 156 valence electrons. The lowest BCUT2D eigenvalue weighted by atomic mass is 10.1. The Bertz CT molecular complexity index is 326. The topological polar surface area (TPSA) is 6.48 Å². The number of rotatable bonds is 18. The fourth-order valence-electron chi connectivity index (χ4n) is 3.25. The molecule has 0 aromatic carbocycles. The van der Waals surface area contributed by atoms with E-state index in [2.05, 4.69) is 43.6 Å². The largest absolute Gasteiger partial charge is 0.304 e. The summed E-state index contributed by atoms with van der Waals surface area (Å²) in [5, 5.41) is 0.867. The molecular formula is C22H44Cl2N2. The van der Waals surface area contributed by atoms with Crippen LogP contribution >= 0.6 is 23.2 Å². The molecule has 0 saturated carbocycles. The molecule has 0 aromatic rings. The summed E-state index contributed by atoms with van der Waals surface area (Å²) in [4.78, 5) is 4.98. The maximum absolute atomic E-state index is 6.44. The Morgan fingerprint density at radius 2 is 1.19 bits per heavy atom. The summed E-state index contributed by atoms with van der Waals surface area (Å²) in [5.74, 6) is 0. The van der Waals surface area contributed by atoms with E-state index in [-0.39, 0.29) is 5.38 Å². The summed E-state index contributed by atoms with van der Waals surface area (Å²) in [7, 11) is 0. The first-order valence-corrected chi connectivity index (χ1v) is 11.8. The highest BCUT2D eigenvalue weighted by Crippen LogP contribution is 2.22. The van der Waals surface area contributed by atoms with Gasteiger partial charge in [-0.15, -0.1) is 11.6 Å². The molecule has 0 fully saturated rings. The molecule has 0 spiro atoms. The lowest BCUT2D eigenvalue weighted by Gasteiger charge is -2.17. The monoisotopic (exact) mass is 406 g/mol. The zero-order valence-electron chi connectivity index (χ0n) is 17.9. The zero-order valence-corrected chi connectivity index (χ0v) is 19.4. The van der Waals surface area contributed by atoms with Crippen molar-refractivity contribution >= 4 is 23.2 Å². The predicted molar refractivity (Wildman–Crippen MR) is 121 cm³/mol. The van der Waals surface area contributed by atoms with Gasteiger partial charge in [0.05, 0.1) is 5.38 Å². The van der Waals surface area contributed by atoms with Crippen LogP contribution in [0.4, 0.5) is 0 Å². The minimum atomic E-state index is 0.00721. The average molecular weight is 408 g/mol. The zero-order chi connectivity index (χ0) is 19.6. The average Bonchev–Trinajstić information content (AvgIpc) is 2.66. The van der Waals surface area contributed by atoms with Crippen LogP contribution in [-0.4, -0.2) is 54.4 Å². The Labute approximate surface area is 174 Å². The molecule has 1 unspecified atom stereocenters. The summed E-state index contributed by atoms with van der Waals surface area (Å²) < 4.78 is 0. The number of unbranched alkanes of at least 4 members (excludes halogenated alkanes) is 6. The Morgan fingerprint density at radius 3 is 1.69 bits per heavy atom. The fraction of sp³-hybridized carbons (Fsp3) is 0.909. The molecule has 0 saturated heterocycles. The molecule has 0 bridgehead atoms. The second-order valence-electron chi connectivity index (χ2n) is 7.16. The normalized spacial score (nSPS) is 13.8. The minimum absolute atomic E-state index is 0.00721. The van der Waals surface area contributed by atoms with Gasteiger partial charge in [0.25, 0.3) is 0 Å². The molecule has 26 heavy (non-hydrogen) atoms. The highest BCUT2D eigenvalue weighted by molar-refractivity contribution is 6.37. The van der Waals surface area contributed by atoms with E-state index in [1.54, 1.807) is 0 Å². The van der Waals surface area contributed by atoms with Gasteiger partial charge >= 0.3 is 0 Å². The van der Waals surface area contributed by atoms with E-state index >= 15 is 0 Å². The van der Waals surface area contributed by atoms with E-state index in [0.717, 1.165) is 31.0 Å². The van der Waals surface area contributed by atoms with Crippen LogP contribution in [0.25, 0.3) is 0 Å². The van der Waals surface area contributed by atoms with Crippen LogP contribution in [0.2, 0.25) is 0 Å². The van der Waals surface area contributed by atoms with E-state index in [1.165, 1.54) is 71.1 Å². The summed E-state index contributed by atoms with van der Waals surface area (Å²) in [6, 6.07) is 0. The third kappa shape index (κ3) is 14.3. The molecule has 0 aliphatic rings. The van der Waals surface area contributed by atoms with Gasteiger partial charge in [0.15, 0.2) is 0 Å². The van der Waals surface area contributed by atoms with Crippen molar-refractivity contribution in [3.05, 3.63) is 11.1 Å². The molecule has 0 amide bonds. The van der Waals surface area contributed by atoms with Crippen LogP contribution < -0.4 is 0 Å². The third-order valence-electron chi connectivity index (χ3n) is 5.29. The molecule has 0 N–H and O–H groups in total. The third-order valence-corrected chi connectivity index (χ3v) is 6.27. The van der Waals surface area contributed by atoms with Crippen LogP contribution in [0.5, 0.6) is 0 Å². The van der Waals surface area contributed by atoms with Gasteiger partial charge in [-0.05, 0) is 71.4 Å². The molecule has 0 aliphatic carbocycles. The van der Waals surface area contributed by atoms with E-state index in [1.807, 2.05) is 0 Å². The van der Waals surface area contributed by atoms with Gasteiger partial charge in [-0.2, -0.15) is 0 Å². The van der Waals surface area contributed by atoms with E-state index in [9.17, 15) is 0 Å². The Balaban J connectivity index is 3.65. The first kappa shape index (κ1) is 26.2. The van der Waals surface area contributed by atoms with Crippen molar-refractivity contribution in [2.75, 3.05) is 39.3 Å². The standard InChI is InChI=1S/C22H44Cl2N2/c1-5-25(6-2)19-15-11-9-10-13-17-21(23)22(24)18-14-12-16-20-26(7-3)8-4/h17,22H,5-16,18-20H2,1-4H3. The summed E-state index contributed by atoms with van der Waals surface area (Å²) in [5.41, 5.74) is 0. The van der Waals surface area contributed by atoms with Crippen molar-refractivity contribution < 1.29 is 0 Å². The smallest absolute Gasteiger partial charge is 0.0689 e. The second kappa shape index (κ2) is 18.6. The highest BCUT2D eigenvalue weighted by atomic mass is 35.5. The van der Waals surface area contributed by atoms with Crippen LogP contribution in [-0.2, 0) is 0 Å². The van der Waals surface area contributed by atoms with E-state index in [4.69, 9.17) is 23.2 Å². The molecule has 0 rings (SSSR count). The maximum Gasteiger partial charge on any atom is 0.0689 e. The van der Waals surface area contributed by atoms with Gasteiger partial charge < -0.3 is 9.80 Å². The minimum Gasteiger partial charge on any atom is -0.304 e. The number of alkyl halides is 1. The summed E-state index contributed by atoms with van der Waals surface area (Å²) in [6.45, 7) is 16.0. The van der Waals surface area contributed by atoms with Crippen molar-refractivity contribution in [3.63, 3.8) is 0 Å². The Morgan fingerprint density at radius 1 is 0.731 bits per heavy atom. The van der Waals surface area contributed by atoms with Crippen molar-refractivity contribution in [1.29, 1.82) is 0 Å². The van der Waals surface area contributed by atoms with Crippen LogP contribution in [0, 0.1) is 0 Å². The van der Waals surface area contributed by atoms with Crippen molar-refractivity contribution in [1.82, 2.24) is 9.80 Å². The number of nitrogens with zero attached hydrogens (tertiary/aromatic N) is 2. The molecule has 2 nitrogen and oxygen atoms in total. The van der Waals surface area contributed by atoms with E-state index in [0.29, 0.717) is 0 Å². The van der Waals surface area contributed by atoms with Gasteiger partial charge in [-0.1, -0.05) is 71.1 Å². The molecule has 4 heteroatoms. The maximum atomic E-state index is 6.44. The predicted octanol–water partition coefficient (Wildman–Crippen LogP) is 6.91. The molecule has 0 radical (unpaired) electrons. The van der Waals surface area contributed by atoms with E-state index < -0.39 is 0 Å². The van der Waals surface area contributed by atoms with Crippen LogP contribution in [0.1, 0.15) is 85.5 Å². The second-order valence-corrected chi connectivity index (χ2v) is 8.13. The number of hydrogen-bond donors (Lipinski definition) is 0. The van der Waals surface area contributed by atoms with Crippen molar-refractivity contribution in [2.45, 2.75) is 90.9 Å². The number of hydrogen-bond acceptors (Lipinski definition) is 2. The van der Waals surface area contributed by atoms with Gasteiger partial charge in [0.2, 0.25) is 0 Å². The van der Waals surface area contributed by atoms with Crippen molar-refractivity contribution in [3.8, 4) is 0 Å². The first-order valence-electron chi connectivity index (χ1n) is 11.0. The van der Waals surface area contributed by atoms with Crippen LogP contribution in [0.15, 0.2) is 11.1 Å². The summed E-state index contributed by atoms with van der Waals surface area (Å²) >= 11 is 12.8.